The average Bonchev–Trinajstić information content (AvgIpc) is 2.25. The number of aliphatic carboxylic acids is 1. The summed E-state index contributed by atoms with van der Waals surface area (Å²) in [6.45, 7) is 1.61. The Morgan fingerprint density at radius 2 is 2.19 bits per heavy atom. The van der Waals surface area contributed by atoms with Gasteiger partial charge in [0.2, 0.25) is 5.91 Å². The minimum atomic E-state index is -1.07. The number of rotatable bonds is 4. The lowest BCUT2D eigenvalue weighted by molar-refractivity contribution is -0.142. The van der Waals surface area contributed by atoms with Gasteiger partial charge < -0.3 is 10.0 Å². The lowest BCUT2D eigenvalue weighted by Gasteiger charge is -2.20. The second-order valence-electron chi connectivity index (χ2n) is 3.31. The molecule has 0 aromatic heterocycles. The first-order valence-corrected chi connectivity index (χ1v) is 4.91. The Morgan fingerprint density at radius 1 is 1.50 bits per heavy atom. The van der Waals surface area contributed by atoms with Gasteiger partial charge in [-0.1, -0.05) is 0 Å². The van der Waals surface area contributed by atoms with Crippen molar-refractivity contribution in [2.24, 2.45) is 5.10 Å². The zero-order valence-electron chi connectivity index (χ0n) is 8.89. The summed E-state index contributed by atoms with van der Waals surface area (Å²) in [7, 11) is 0. The Kier molecular flexibility index (Phi) is 3.98. The van der Waals surface area contributed by atoms with Crippen molar-refractivity contribution >= 4 is 23.5 Å². The molecular weight excluding hydrogens is 214 g/mol. The fraction of sp³-hybridized carbons (Fsp3) is 0.556. The second kappa shape index (κ2) is 5.24. The zero-order chi connectivity index (χ0) is 12.1. The number of nitrogens with zero attached hydrogens (tertiary/aromatic N) is 2. The monoisotopic (exact) mass is 227 g/mol. The smallest absolute Gasteiger partial charge is 0.323 e. The lowest BCUT2D eigenvalue weighted by Crippen LogP contribution is -2.42. The van der Waals surface area contributed by atoms with E-state index in [1.807, 2.05) is 0 Å². The topological polar surface area (TPSA) is 99.1 Å². The maximum Gasteiger partial charge on any atom is 0.323 e. The SMILES string of the molecule is CCN(CC(=O)O)C(=O)C1=NNC(=O)CC1. The molecule has 7 nitrogen and oxygen atoms in total. The van der Waals surface area contributed by atoms with Crippen LogP contribution < -0.4 is 5.43 Å². The van der Waals surface area contributed by atoms with Gasteiger partial charge in [0.05, 0.1) is 0 Å². The van der Waals surface area contributed by atoms with Gasteiger partial charge in [-0.15, -0.1) is 0 Å². The van der Waals surface area contributed by atoms with E-state index in [0.717, 1.165) is 0 Å². The Labute approximate surface area is 92.1 Å². The van der Waals surface area contributed by atoms with Gasteiger partial charge in [0.25, 0.3) is 5.91 Å². The highest BCUT2D eigenvalue weighted by Gasteiger charge is 2.23. The molecule has 1 heterocycles. The van der Waals surface area contributed by atoms with Crippen molar-refractivity contribution in [3.8, 4) is 0 Å². The summed E-state index contributed by atoms with van der Waals surface area (Å²) in [5, 5.41) is 12.2. The lowest BCUT2D eigenvalue weighted by atomic mass is 10.1. The summed E-state index contributed by atoms with van der Waals surface area (Å²) in [6, 6.07) is 0. The summed E-state index contributed by atoms with van der Waals surface area (Å²) in [5.74, 6) is -1.75. The molecule has 0 aliphatic carbocycles. The van der Waals surface area contributed by atoms with Crippen molar-refractivity contribution in [2.75, 3.05) is 13.1 Å². The van der Waals surface area contributed by atoms with Gasteiger partial charge in [0.1, 0.15) is 12.3 Å². The number of likely N-dealkylation sites (N-methyl/N-ethyl adjacent to an activating group) is 1. The van der Waals surface area contributed by atoms with Crippen molar-refractivity contribution in [1.82, 2.24) is 10.3 Å². The molecule has 1 aliphatic heterocycles. The normalized spacial score (nSPS) is 15.1. The summed E-state index contributed by atoms with van der Waals surface area (Å²) in [6.07, 6.45) is 0.454. The van der Waals surface area contributed by atoms with Crippen molar-refractivity contribution in [2.45, 2.75) is 19.8 Å². The zero-order valence-corrected chi connectivity index (χ0v) is 8.89. The van der Waals surface area contributed by atoms with Crippen LogP contribution in [-0.4, -0.2) is 46.6 Å². The third-order valence-corrected chi connectivity index (χ3v) is 2.15. The highest BCUT2D eigenvalue weighted by molar-refractivity contribution is 6.39. The molecule has 2 amide bonds. The Hall–Kier alpha value is -1.92. The number of hydrazone groups is 1. The molecule has 1 rings (SSSR count). The van der Waals surface area contributed by atoms with Crippen LogP contribution in [0.4, 0.5) is 0 Å². The van der Waals surface area contributed by atoms with Crippen LogP contribution in [0.1, 0.15) is 19.8 Å². The van der Waals surface area contributed by atoms with Crippen LogP contribution in [0.25, 0.3) is 0 Å². The van der Waals surface area contributed by atoms with Gasteiger partial charge in [-0.2, -0.15) is 5.10 Å². The molecule has 0 saturated heterocycles. The molecule has 0 aromatic carbocycles. The largest absolute Gasteiger partial charge is 0.480 e. The number of hydrogen-bond donors (Lipinski definition) is 2. The Morgan fingerprint density at radius 3 is 2.62 bits per heavy atom. The average molecular weight is 227 g/mol. The standard InChI is InChI=1S/C9H13N3O4/c1-2-12(5-8(14)15)9(16)6-3-4-7(13)11-10-6/h2-5H2,1H3,(H,11,13)(H,14,15). The molecule has 7 heteroatoms. The van der Waals surface area contributed by atoms with Gasteiger partial charge in [-0.25, -0.2) is 5.43 Å². The van der Waals surface area contributed by atoms with Gasteiger partial charge in [0, 0.05) is 19.4 Å². The summed E-state index contributed by atoms with van der Waals surface area (Å²) < 4.78 is 0. The van der Waals surface area contributed by atoms with Crippen LogP contribution in [0.2, 0.25) is 0 Å². The maximum absolute atomic E-state index is 11.8. The molecule has 2 N–H and O–H groups in total. The molecular formula is C9H13N3O4. The predicted molar refractivity (Wildman–Crippen MR) is 54.7 cm³/mol. The number of hydrogen-bond acceptors (Lipinski definition) is 4. The number of amides is 2. The Bertz CT molecular complexity index is 351. The molecule has 88 valence electrons. The van der Waals surface area contributed by atoms with E-state index in [9.17, 15) is 14.4 Å². The molecule has 0 atom stereocenters. The van der Waals surface area contributed by atoms with Gasteiger partial charge in [-0.3, -0.25) is 14.4 Å². The van der Waals surface area contributed by atoms with Crippen molar-refractivity contribution in [3.63, 3.8) is 0 Å². The van der Waals surface area contributed by atoms with Gasteiger partial charge in [-0.05, 0) is 6.92 Å². The van der Waals surface area contributed by atoms with Crippen LogP contribution >= 0.6 is 0 Å². The summed E-state index contributed by atoms with van der Waals surface area (Å²) in [5.41, 5.74) is 2.40. The number of carboxylic acids is 1. The highest BCUT2D eigenvalue weighted by atomic mass is 16.4. The first-order valence-electron chi connectivity index (χ1n) is 4.91. The number of nitrogens with one attached hydrogen (secondary N) is 1. The van der Waals surface area contributed by atoms with E-state index in [2.05, 4.69) is 10.5 Å². The number of carbonyl (C=O) groups excluding carboxylic acids is 2. The molecule has 0 bridgehead atoms. The highest BCUT2D eigenvalue weighted by Crippen LogP contribution is 2.03. The molecule has 0 radical (unpaired) electrons. The van der Waals surface area contributed by atoms with Crippen molar-refractivity contribution in [1.29, 1.82) is 0 Å². The number of carbonyl (C=O) groups is 3. The second-order valence-corrected chi connectivity index (χ2v) is 3.31. The minimum absolute atomic E-state index is 0.197. The van der Waals surface area contributed by atoms with Crippen LogP contribution in [0, 0.1) is 0 Å². The van der Waals surface area contributed by atoms with E-state index in [1.165, 1.54) is 4.90 Å². The van der Waals surface area contributed by atoms with E-state index in [4.69, 9.17) is 5.11 Å². The first-order chi connectivity index (χ1) is 7.54. The van der Waals surface area contributed by atoms with Crippen molar-refractivity contribution < 1.29 is 19.5 Å². The molecule has 16 heavy (non-hydrogen) atoms. The van der Waals surface area contributed by atoms with Crippen molar-refractivity contribution in [3.05, 3.63) is 0 Å². The molecule has 1 aliphatic rings. The van der Waals surface area contributed by atoms with Crippen LogP contribution in [0.5, 0.6) is 0 Å². The van der Waals surface area contributed by atoms with Gasteiger partial charge in [0.15, 0.2) is 0 Å². The van der Waals surface area contributed by atoms with Crippen LogP contribution in [0.3, 0.4) is 0 Å². The Balaban J connectivity index is 2.68. The van der Waals surface area contributed by atoms with E-state index in [-0.39, 0.29) is 37.6 Å². The maximum atomic E-state index is 11.8. The fourth-order valence-corrected chi connectivity index (χ4v) is 1.30. The minimum Gasteiger partial charge on any atom is -0.480 e. The first kappa shape index (κ1) is 12.2. The summed E-state index contributed by atoms with van der Waals surface area (Å²) in [4.78, 5) is 34.2. The van der Waals surface area contributed by atoms with E-state index >= 15 is 0 Å². The van der Waals surface area contributed by atoms with Crippen LogP contribution in [-0.2, 0) is 14.4 Å². The van der Waals surface area contributed by atoms with E-state index < -0.39 is 11.9 Å². The molecule has 0 aromatic rings. The van der Waals surface area contributed by atoms with Crippen LogP contribution in [0.15, 0.2) is 5.10 Å². The molecule has 0 fully saturated rings. The molecule has 0 spiro atoms. The fourth-order valence-electron chi connectivity index (χ4n) is 1.30. The molecule has 0 saturated carbocycles. The summed E-state index contributed by atoms with van der Waals surface area (Å²) >= 11 is 0. The third kappa shape index (κ3) is 3.04. The quantitative estimate of drug-likeness (QED) is 0.655. The third-order valence-electron chi connectivity index (χ3n) is 2.15. The predicted octanol–water partition coefficient (Wildman–Crippen LogP) is -0.814. The van der Waals surface area contributed by atoms with Gasteiger partial charge >= 0.3 is 5.97 Å². The van der Waals surface area contributed by atoms with E-state index in [0.29, 0.717) is 0 Å². The van der Waals surface area contributed by atoms with E-state index in [1.54, 1.807) is 6.92 Å². The molecule has 0 unspecified atom stereocenters. The number of carboxylic acid groups (broad SMARTS) is 1.